The van der Waals surface area contributed by atoms with Crippen LogP contribution in [0, 0.1) is 0 Å². The molecule has 6 heteroatoms. The SMILES string of the molecule is COC(=O)c1ccc([C@@H]2Nc3ccccc3C(=O)N2CCc2ccc(OC)cc2)cc1. The van der Waals surface area contributed by atoms with Gasteiger partial charge < -0.3 is 19.7 Å². The molecule has 0 unspecified atom stereocenters. The summed E-state index contributed by atoms with van der Waals surface area (Å²) in [6, 6.07) is 22.5. The largest absolute Gasteiger partial charge is 0.497 e. The summed E-state index contributed by atoms with van der Waals surface area (Å²) in [5, 5.41) is 3.48. The van der Waals surface area contributed by atoms with Gasteiger partial charge in [0.1, 0.15) is 11.9 Å². The Bertz CT molecular complexity index is 1080. The van der Waals surface area contributed by atoms with Crippen LogP contribution in [0.4, 0.5) is 5.69 Å². The van der Waals surface area contributed by atoms with Crippen molar-refractivity contribution in [3.8, 4) is 5.75 Å². The fraction of sp³-hybridized carbons (Fsp3) is 0.200. The molecule has 3 aromatic carbocycles. The number of nitrogens with zero attached hydrogens (tertiary/aromatic N) is 1. The highest BCUT2D eigenvalue weighted by Crippen LogP contribution is 2.33. The first kappa shape index (κ1) is 20.5. The third-order valence-electron chi connectivity index (χ3n) is 5.47. The van der Waals surface area contributed by atoms with Gasteiger partial charge in [-0.2, -0.15) is 0 Å². The van der Waals surface area contributed by atoms with Crippen LogP contribution in [0.25, 0.3) is 0 Å². The molecule has 0 saturated carbocycles. The number of nitrogens with one attached hydrogen (secondary N) is 1. The van der Waals surface area contributed by atoms with Crippen LogP contribution in [0.5, 0.6) is 5.75 Å². The molecule has 4 rings (SSSR count). The van der Waals surface area contributed by atoms with Crippen molar-refractivity contribution in [1.29, 1.82) is 0 Å². The normalized spacial score (nSPS) is 15.1. The second kappa shape index (κ2) is 8.92. The first-order valence-corrected chi connectivity index (χ1v) is 10.1. The number of esters is 1. The van der Waals surface area contributed by atoms with Crippen LogP contribution in [-0.4, -0.2) is 37.5 Å². The van der Waals surface area contributed by atoms with Gasteiger partial charge >= 0.3 is 5.97 Å². The van der Waals surface area contributed by atoms with E-state index in [-0.39, 0.29) is 18.0 Å². The lowest BCUT2D eigenvalue weighted by Crippen LogP contribution is -2.44. The second-order valence-electron chi connectivity index (χ2n) is 7.30. The first-order valence-electron chi connectivity index (χ1n) is 10.1. The van der Waals surface area contributed by atoms with Gasteiger partial charge in [-0.3, -0.25) is 4.79 Å². The van der Waals surface area contributed by atoms with E-state index in [4.69, 9.17) is 9.47 Å². The number of carbonyl (C=O) groups excluding carboxylic acids is 2. The van der Waals surface area contributed by atoms with Crippen LogP contribution in [-0.2, 0) is 11.2 Å². The van der Waals surface area contributed by atoms with E-state index in [1.165, 1.54) is 7.11 Å². The molecule has 1 amide bonds. The summed E-state index contributed by atoms with van der Waals surface area (Å²) in [4.78, 5) is 26.9. The monoisotopic (exact) mass is 416 g/mol. The molecular weight excluding hydrogens is 392 g/mol. The lowest BCUT2D eigenvalue weighted by atomic mass is 10.0. The highest BCUT2D eigenvalue weighted by atomic mass is 16.5. The van der Waals surface area contributed by atoms with Crippen molar-refractivity contribution in [1.82, 2.24) is 4.90 Å². The van der Waals surface area contributed by atoms with Crippen molar-refractivity contribution < 1.29 is 19.1 Å². The molecule has 3 aromatic rings. The molecule has 0 aliphatic carbocycles. The fourth-order valence-electron chi connectivity index (χ4n) is 3.75. The summed E-state index contributed by atoms with van der Waals surface area (Å²) in [6.45, 7) is 0.538. The Morgan fingerprint density at radius 3 is 2.35 bits per heavy atom. The number of carbonyl (C=O) groups is 2. The van der Waals surface area contributed by atoms with Crippen molar-refractivity contribution >= 4 is 17.6 Å². The Balaban J connectivity index is 1.61. The van der Waals surface area contributed by atoms with E-state index in [2.05, 4.69) is 5.32 Å². The summed E-state index contributed by atoms with van der Waals surface area (Å²) in [6.07, 6.45) is 0.364. The van der Waals surface area contributed by atoms with Gasteiger partial charge in [0.05, 0.1) is 25.3 Å². The number of rotatable bonds is 6. The van der Waals surface area contributed by atoms with Crippen molar-refractivity contribution in [2.75, 3.05) is 26.1 Å². The van der Waals surface area contributed by atoms with Crippen LogP contribution in [0.15, 0.2) is 72.8 Å². The zero-order chi connectivity index (χ0) is 21.8. The topological polar surface area (TPSA) is 67.9 Å². The molecule has 0 fully saturated rings. The van der Waals surface area contributed by atoms with Gasteiger partial charge in [0, 0.05) is 12.2 Å². The Morgan fingerprint density at radius 2 is 1.68 bits per heavy atom. The Morgan fingerprint density at radius 1 is 0.968 bits per heavy atom. The molecule has 158 valence electrons. The molecule has 0 bridgehead atoms. The molecule has 0 radical (unpaired) electrons. The predicted octanol–water partition coefficient (Wildman–Crippen LogP) is 4.29. The summed E-state index contributed by atoms with van der Waals surface area (Å²) in [7, 11) is 3.00. The zero-order valence-electron chi connectivity index (χ0n) is 17.5. The smallest absolute Gasteiger partial charge is 0.337 e. The number of benzene rings is 3. The van der Waals surface area contributed by atoms with Crippen molar-refractivity contribution in [2.45, 2.75) is 12.6 Å². The molecule has 1 atom stereocenters. The molecular formula is C25H24N2O4. The average molecular weight is 416 g/mol. The van der Waals surface area contributed by atoms with E-state index < -0.39 is 0 Å². The van der Waals surface area contributed by atoms with Gasteiger partial charge in [-0.15, -0.1) is 0 Å². The van der Waals surface area contributed by atoms with Crippen LogP contribution >= 0.6 is 0 Å². The maximum absolute atomic E-state index is 13.3. The van der Waals surface area contributed by atoms with E-state index in [9.17, 15) is 9.59 Å². The molecule has 0 spiro atoms. The standard InChI is InChI=1S/C25H24N2O4/c1-30-20-13-7-17(8-14-20)15-16-27-23(18-9-11-19(12-10-18)25(29)31-2)26-22-6-4-3-5-21(22)24(27)28/h3-14,23,26H,15-16H2,1-2H3/t23-/m1/s1. The third-order valence-corrected chi connectivity index (χ3v) is 5.47. The van der Waals surface area contributed by atoms with E-state index in [1.807, 2.05) is 65.6 Å². The average Bonchev–Trinajstić information content (AvgIpc) is 2.83. The molecule has 1 aliphatic rings. The van der Waals surface area contributed by atoms with Crippen LogP contribution < -0.4 is 10.1 Å². The van der Waals surface area contributed by atoms with Crippen molar-refractivity contribution in [3.05, 3.63) is 95.1 Å². The van der Waals surface area contributed by atoms with Gasteiger partial charge in [0.2, 0.25) is 0 Å². The first-order chi connectivity index (χ1) is 15.1. The van der Waals surface area contributed by atoms with Gasteiger partial charge in [-0.05, 0) is 53.9 Å². The summed E-state index contributed by atoms with van der Waals surface area (Å²) in [5.41, 5.74) is 3.94. The predicted molar refractivity (Wildman–Crippen MR) is 118 cm³/mol. The van der Waals surface area contributed by atoms with Crippen LogP contribution in [0.3, 0.4) is 0 Å². The van der Waals surface area contributed by atoms with Crippen LogP contribution in [0.2, 0.25) is 0 Å². The second-order valence-corrected chi connectivity index (χ2v) is 7.30. The maximum atomic E-state index is 13.3. The van der Waals surface area contributed by atoms with Gasteiger partial charge in [-0.25, -0.2) is 4.79 Å². The lowest BCUT2D eigenvalue weighted by molar-refractivity contribution is 0.0599. The molecule has 1 N–H and O–H groups in total. The Kier molecular flexibility index (Phi) is 5.89. The summed E-state index contributed by atoms with van der Waals surface area (Å²) in [5.74, 6) is 0.391. The zero-order valence-corrected chi connectivity index (χ0v) is 17.5. The summed E-state index contributed by atoms with van der Waals surface area (Å²) < 4.78 is 10.0. The van der Waals surface area contributed by atoms with Crippen LogP contribution in [0.1, 0.15) is 38.0 Å². The minimum absolute atomic E-state index is 0.0232. The minimum Gasteiger partial charge on any atom is -0.497 e. The Hall–Kier alpha value is -3.80. The van der Waals surface area contributed by atoms with Crippen molar-refractivity contribution in [3.63, 3.8) is 0 Å². The van der Waals surface area contributed by atoms with Gasteiger partial charge in [0.15, 0.2) is 0 Å². The number of amides is 1. The number of hydrogen-bond acceptors (Lipinski definition) is 5. The van der Waals surface area contributed by atoms with E-state index in [0.717, 1.165) is 22.6 Å². The number of fused-ring (bicyclic) bond motifs is 1. The molecule has 31 heavy (non-hydrogen) atoms. The van der Waals surface area contributed by atoms with E-state index in [0.29, 0.717) is 24.1 Å². The Labute approximate surface area is 181 Å². The van der Waals surface area contributed by atoms with Gasteiger partial charge in [-0.1, -0.05) is 36.4 Å². The maximum Gasteiger partial charge on any atom is 0.337 e. The van der Waals surface area contributed by atoms with Crippen molar-refractivity contribution in [2.24, 2.45) is 0 Å². The molecule has 6 nitrogen and oxygen atoms in total. The molecule has 0 saturated heterocycles. The highest BCUT2D eigenvalue weighted by molar-refractivity contribution is 6.01. The number of ether oxygens (including phenoxy) is 2. The van der Waals surface area contributed by atoms with Gasteiger partial charge in [0.25, 0.3) is 5.91 Å². The summed E-state index contributed by atoms with van der Waals surface area (Å²) >= 11 is 0. The minimum atomic E-state index is -0.388. The highest BCUT2D eigenvalue weighted by Gasteiger charge is 2.32. The molecule has 1 heterocycles. The molecule has 1 aliphatic heterocycles. The van der Waals surface area contributed by atoms with E-state index in [1.54, 1.807) is 19.2 Å². The lowest BCUT2D eigenvalue weighted by Gasteiger charge is -2.38. The quantitative estimate of drug-likeness (QED) is 0.607. The number of hydrogen-bond donors (Lipinski definition) is 1. The number of para-hydroxylation sites is 1. The fourth-order valence-corrected chi connectivity index (χ4v) is 3.75. The molecule has 0 aromatic heterocycles. The van der Waals surface area contributed by atoms with E-state index >= 15 is 0 Å². The number of anilines is 1. The third kappa shape index (κ3) is 4.23. The number of methoxy groups -OCH3 is 2.